The normalized spacial score (nSPS) is 14.5. The van der Waals surface area contributed by atoms with Crippen LogP contribution in [0, 0.1) is 11.3 Å². The summed E-state index contributed by atoms with van der Waals surface area (Å²) in [5.41, 5.74) is 17.1. The Morgan fingerprint density at radius 1 is 1.33 bits per heavy atom. The first kappa shape index (κ1) is 26.0. The van der Waals surface area contributed by atoms with Crippen LogP contribution >= 0.6 is 11.8 Å². The molecule has 0 saturated carbocycles. The number of nitrogens with one attached hydrogen (secondary N) is 1. The van der Waals surface area contributed by atoms with Gasteiger partial charge >= 0.3 is 0 Å². The van der Waals surface area contributed by atoms with Crippen molar-refractivity contribution in [3.05, 3.63) is 98.9 Å². The number of thioether (sulfide) groups is 1. The van der Waals surface area contributed by atoms with Crippen LogP contribution in [0.15, 0.2) is 92.8 Å². The topological polar surface area (TPSA) is 74.2 Å². The molecule has 1 atom stereocenters. The molecule has 1 aromatic carbocycles. The summed E-state index contributed by atoms with van der Waals surface area (Å²) in [6, 6.07) is 9.95. The third kappa shape index (κ3) is 7.39. The number of rotatable bonds is 11. The number of nitrogens with two attached hydrogens (primary N) is 1. The maximum absolute atomic E-state index is 9.15. The van der Waals surface area contributed by atoms with E-state index in [-0.39, 0.29) is 6.04 Å². The van der Waals surface area contributed by atoms with Crippen molar-refractivity contribution < 1.29 is 0 Å². The van der Waals surface area contributed by atoms with Crippen LogP contribution in [-0.4, -0.2) is 19.3 Å². The van der Waals surface area contributed by atoms with E-state index in [0.717, 1.165) is 57.8 Å². The quantitative estimate of drug-likeness (QED) is 0.299. The Bertz CT molecular complexity index is 1110. The van der Waals surface area contributed by atoms with Gasteiger partial charge in [0.25, 0.3) is 0 Å². The van der Waals surface area contributed by atoms with E-state index in [1.165, 1.54) is 0 Å². The molecule has 3 N–H and O–H groups in total. The van der Waals surface area contributed by atoms with Gasteiger partial charge in [-0.3, -0.25) is 0 Å². The van der Waals surface area contributed by atoms with Crippen LogP contribution in [-0.2, 0) is 0 Å². The van der Waals surface area contributed by atoms with E-state index in [1.807, 2.05) is 49.6 Å². The van der Waals surface area contributed by atoms with Gasteiger partial charge in [-0.25, -0.2) is 4.99 Å². The molecule has 0 aliphatic carbocycles. The van der Waals surface area contributed by atoms with Crippen molar-refractivity contribution in [2.45, 2.75) is 45.6 Å². The van der Waals surface area contributed by atoms with Crippen LogP contribution in [0.4, 0.5) is 0 Å². The van der Waals surface area contributed by atoms with Gasteiger partial charge in [-0.1, -0.05) is 62.2 Å². The molecule has 4 nitrogen and oxygen atoms in total. The molecule has 0 aromatic heterocycles. The largest absolute Gasteiger partial charge is 0.367 e. The van der Waals surface area contributed by atoms with Crippen molar-refractivity contribution in [2.24, 2.45) is 10.7 Å². The number of aliphatic imine (C=N–C) groups is 1. The minimum atomic E-state index is 0.193. The predicted octanol–water partition coefficient (Wildman–Crippen LogP) is 6.38. The summed E-state index contributed by atoms with van der Waals surface area (Å²) in [6.07, 6.45) is 9.70. The Labute approximate surface area is 202 Å². The van der Waals surface area contributed by atoms with Crippen LogP contribution in [0.2, 0.25) is 0 Å². The summed E-state index contributed by atoms with van der Waals surface area (Å²) in [5, 5.41) is 12.1. The van der Waals surface area contributed by atoms with E-state index < -0.39 is 0 Å². The lowest BCUT2D eigenvalue weighted by Gasteiger charge is -2.19. The Hall–Kier alpha value is -3.25. The number of nitrogens with zero attached hydrogens (tertiary/aromatic N) is 2. The molecular formula is C28H32N4S. The standard InChI is InChI=1S/C28H32N4S/c1-6-9-24(30)15-10-20(4)26-17-16-25(23-13-11-21(18-29)12-14-23)28(33-26)22(7-2)19-32-27(8-3)31-5/h7,11-14,16,19,24,31H,3-4,6,9-10,15,30H2,1-2,5H3/b22-7+,32-19-. The molecule has 33 heavy (non-hydrogen) atoms. The van der Waals surface area contributed by atoms with E-state index in [1.54, 1.807) is 18.8 Å². The lowest BCUT2D eigenvalue weighted by molar-refractivity contribution is 0.562. The van der Waals surface area contributed by atoms with Gasteiger partial charge in [-0.15, -0.1) is 5.73 Å². The van der Waals surface area contributed by atoms with Gasteiger partial charge in [-0.05, 0) is 55.5 Å². The van der Waals surface area contributed by atoms with Crippen LogP contribution in [0.1, 0.15) is 50.7 Å². The molecule has 0 amide bonds. The van der Waals surface area contributed by atoms with Crippen molar-refractivity contribution >= 4 is 23.5 Å². The number of allylic oxidation sites excluding steroid dienone is 4. The highest BCUT2D eigenvalue weighted by Gasteiger charge is 2.19. The first-order valence-electron chi connectivity index (χ1n) is 11.1. The van der Waals surface area contributed by atoms with Gasteiger partial charge in [0.1, 0.15) is 0 Å². The molecule has 170 valence electrons. The first-order chi connectivity index (χ1) is 16.0. The Morgan fingerprint density at radius 2 is 2.06 bits per heavy atom. The fraction of sp³-hybridized carbons (Fsp3) is 0.286. The van der Waals surface area contributed by atoms with Gasteiger partial charge < -0.3 is 11.1 Å². The average molecular weight is 457 g/mol. The number of hydrogen-bond acceptors (Lipinski definition) is 5. The van der Waals surface area contributed by atoms with Gasteiger partial charge in [0.15, 0.2) is 5.82 Å². The molecule has 0 fully saturated rings. The molecule has 1 aromatic rings. The van der Waals surface area contributed by atoms with Crippen LogP contribution in [0.3, 0.4) is 0 Å². The molecule has 1 aliphatic rings. The highest BCUT2D eigenvalue weighted by molar-refractivity contribution is 8.07. The molecular weight excluding hydrogens is 424 g/mol. The lowest BCUT2D eigenvalue weighted by atomic mass is 10.00. The van der Waals surface area contributed by atoms with Gasteiger partial charge in [0.05, 0.1) is 16.5 Å². The van der Waals surface area contributed by atoms with E-state index >= 15 is 0 Å². The fourth-order valence-electron chi connectivity index (χ4n) is 3.30. The maximum atomic E-state index is 9.15. The molecule has 0 bridgehead atoms. The zero-order valence-electron chi connectivity index (χ0n) is 19.7. The van der Waals surface area contributed by atoms with Crippen molar-refractivity contribution in [3.63, 3.8) is 0 Å². The van der Waals surface area contributed by atoms with E-state index in [4.69, 9.17) is 11.0 Å². The molecule has 0 spiro atoms. The Kier molecular flexibility index (Phi) is 10.5. The minimum absolute atomic E-state index is 0.193. The summed E-state index contributed by atoms with van der Waals surface area (Å²) in [7, 11) is 1.79. The molecule has 1 aliphatic heterocycles. The summed E-state index contributed by atoms with van der Waals surface area (Å²) >= 11 is 1.64. The van der Waals surface area contributed by atoms with Crippen molar-refractivity contribution in [1.82, 2.24) is 5.32 Å². The molecule has 1 unspecified atom stereocenters. The smallest absolute Gasteiger partial charge is 0.169 e. The Morgan fingerprint density at radius 3 is 2.64 bits per heavy atom. The van der Waals surface area contributed by atoms with Crippen molar-refractivity contribution in [2.75, 3.05) is 7.05 Å². The number of hydrogen-bond donors (Lipinski definition) is 2. The summed E-state index contributed by atoms with van der Waals surface area (Å²) in [4.78, 5) is 6.54. The number of benzene rings is 1. The van der Waals surface area contributed by atoms with Gasteiger partial charge in [-0.2, -0.15) is 5.26 Å². The fourth-order valence-corrected chi connectivity index (χ4v) is 4.45. The van der Waals surface area contributed by atoms with Crippen LogP contribution in [0.5, 0.6) is 0 Å². The van der Waals surface area contributed by atoms with E-state index in [2.05, 4.69) is 47.9 Å². The number of nitriles is 1. The Balaban J connectivity index is 2.44. The SMILES string of the molecule is C=C=C(/N=C\C(=C/C)C1=C(c2ccc(C#N)cc2)C=C=C(C(=C)CCC(N)CCC)S1)NC. The van der Waals surface area contributed by atoms with Gasteiger partial charge in [0.2, 0.25) is 0 Å². The maximum Gasteiger partial charge on any atom is 0.169 e. The summed E-state index contributed by atoms with van der Waals surface area (Å²) in [5.74, 6) is 0.566. The summed E-state index contributed by atoms with van der Waals surface area (Å²) < 4.78 is 0. The van der Waals surface area contributed by atoms with Crippen LogP contribution in [0.25, 0.3) is 5.57 Å². The molecule has 0 radical (unpaired) electrons. The minimum Gasteiger partial charge on any atom is -0.367 e. The van der Waals surface area contributed by atoms with E-state index in [9.17, 15) is 0 Å². The zero-order chi connectivity index (χ0) is 24.2. The molecule has 2 rings (SSSR count). The molecule has 1 heterocycles. The van der Waals surface area contributed by atoms with Crippen LogP contribution < -0.4 is 11.1 Å². The lowest BCUT2D eigenvalue weighted by Crippen LogP contribution is -2.19. The predicted molar refractivity (Wildman–Crippen MR) is 142 cm³/mol. The second-order valence-electron chi connectivity index (χ2n) is 7.62. The first-order valence-corrected chi connectivity index (χ1v) is 11.9. The highest BCUT2D eigenvalue weighted by Crippen LogP contribution is 2.43. The molecule has 5 heteroatoms. The van der Waals surface area contributed by atoms with Crippen molar-refractivity contribution in [1.29, 1.82) is 5.26 Å². The third-order valence-electron chi connectivity index (χ3n) is 5.23. The highest BCUT2D eigenvalue weighted by atomic mass is 32.2. The monoisotopic (exact) mass is 456 g/mol. The second-order valence-corrected chi connectivity index (χ2v) is 8.64. The summed E-state index contributed by atoms with van der Waals surface area (Å²) in [6.45, 7) is 12.1. The third-order valence-corrected chi connectivity index (χ3v) is 6.50. The average Bonchev–Trinajstić information content (AvgIpc) is 2.85. The second kappa shape index (κ2) is 13.3. The molecule has 0 saturated heterocycles. The van der Waals surface area contributed by atoms with Gasteiger partial charge in [0, 0.05) is 35.4 Å². The van der Waals surface area contributed by atoms with E-state index in [0.29, 0.717) is 11.4 Å². The zero-order valence-corrected chi connectivity index (χ0v) is 20.6. The van der Waals surface area contributed by atoms with Crippen molar-refractivity contribution in [3.8, 4) is 6.07 Å².